The van der Waals surface area contributed by atoms with Crippen LogP contribution in [0.2, 0.25) is 0 Å². The number of likely N-dealkylation sites (tertiary alicyclic amines) is 1. The van der Waals surface area contributed by atoms with Crippen LogP contribution in [0.5, 0.6) is 0 Å². The van der Waals surface area contributed by atoms with Crippen molar-refractivity contribution in [2.75, 3.05) is 19.8 Å². The monoisotopic (exact) mass is 530 g/mol. The third-order valence-corrected chi connectivity index (χ3v) is 8.83. The second-order valence-corrected chi connectivity index (χ2v) is 13.4. The Morgan fingerprint density at radius 2 is 1.84 bits per heavy atom. The Bertz CT molecular complexity index is 997. The van der Waals surface area contributed by atoms with E-state index in [2.05, 4.69) is 34.6 Å². The van der Waals surface area contributed by atoms with Gasteiger partial charge in [-0.25, -0.2) is 0 Å². The van der Waals surface area contributed by atoms with Gasteiger partial charge in [0.2, 0.25) is 11.8 Å². The smallest absolute Gasteiger partial charge is 0.312 e. The first kappa shape index (κ1) is 28.8. The van der Waals surface area contributed by atoms with Gasteiger partial charge in [0.25, 0.3) is 0 Å². The Balaban J connectivity index is 1.87. The van der Waals surface area contributed by atoms with Crippen LogP contribution in [0.15, 0.2) is 24.3 Å². The molecule has 4 aliphatic heterocycles. The summed E-state index contributed by atoms with van der Waals surface area (Å²) in [7, 11) is 0. The van der Waals surface area contributed by atoms with E-state index < -0.39 is 47.1 Å². The molecule has 38 heavy (non-hydrogen) atoms. The second-order valence-electron chi connectivity index (χ2n) is 13.4. The van der Waals surface area contributed by atoms with Crippen LogP contribution in [0.4, 0.5) is 0 Å². The highest BCUT2D eigenvalue weighted by Crippen LogP contribution is 2.54. The Morgan fingerprint density at radius 3 is 2.47 bits per heavy atom. The van der Waals surface area contributed by atoms with Gasteiger partial charge < -0.3 is 24.4 Å². The second kappa shape index (κ2) is 10.4. The molecule has 0 aromatic rings. The lowest BCUT2D eigenvalue weighted by Crippen LogP contribution is -2.62. The maximum Gasteiger partial charge on any atom is 0.312 e. The lowest BCUT2D eigenvalue weighted by molar-refractivity contribution is -0.158. The van der Waals surface area contributed by atoms with E-state index >= 15 is 0 Å². The number of aliphatic hydroxyl groups is 1. The minimum atomic E-state index is -1.32. The molecule has 4 aliphatic rings. The molecule has 0 aromatic heterocycles. The predicted molar refractivity (Wildman–Crippen MR) is 144 cm³/mol. The number of cyclic esters (lactones) is 1. The summed E-state index contributed by atoms with van der Waals surface area (Å²) in [5.41, 5.74) is -1.85. The Hall–Kier alpha value is -2.19. The highest BCUT2D eigenvalue weighted by molar-refractivity contribution is 5.99. The van der Waals surface area contributed by atoms with E-state index in [1.807, 2.05) is 43.1 Å². The largest absolute Gasteiger partial charge is 0.465 e. The zero-order chi connectivity index (χ0) is 28.0. The molecule has 0 bridgehead atoms. The van der Waals surface area contributed by atoms with Gasteiger partial charge in [0.1, 0.15) is 17.6 Å². The molecule has 4 rings (SSSR count). The molecular weight excluding hydrogens is 484 g/mol. The number of rotatable bonds is 6. The van der Waals surface area contributed by atoms with Gasteiger partial charge in [0.15, 0.2) is 0 Å². The van der Waals surface area contributed by atoms with Crippen LogP contribution in [0.1, 0.15) is 74.1 Å². The number of hydrogen-bond acceptors (Lipinski definition) is 6. The molecule has 0 aromatic carbocycles. The SMILES string of the molecule is CC[C@H](C)[C@H](CO)N1C(=O)[C@@H]2[C@H]3C(=O)OCCC/C=C\[C@H]3O[C@@]23C=CCN(C(C)(C)CC(C)(C)C)C(=O)C13. The fourth-order valence-electron chi connectivity index (χ4n) is 7.30. The summed E-state index contributed by atoms with van der Waals surface area (Å²) in [6.07, 6.45) is 9.88. The van der Waals surface area contributed by atoms with Crippen LogP contribution in [0, 0.1) is 23.2 Å². The van der Waals surface area contributed by atoms with Crippen molar-refractivity contribution in [1.82, 2.24) is 9.80 Å². The maximum atomic E-state index is 14.7. The first-order chi connectivity index (χ1) is 17.8. The van der Waals surface area contributed by atoms with E-state index in [1.165, 1.54) is 0 Å². The van der Waals surface area contributed by atoms with Gasteiger partial charge in [-0.15, -0.1) is 0 Å². The number of ether oxygens (including phenoxy) is 2. The van der Waals surface area contributed by atoms with Gasteiger partial charge >= 0.3 is 5.97 Å². The summed E-state index contributed by atoms with van der Waals surface area (Å²) in [6, 6.07) is -1.56. The Kier molecular flexibility index (Phi) is 7.90. The number of nitrogens with zero attached hydrogens (tertiary/aromatic N) is 2. The van der Waals surface area contributed by atoms with E-state index in [0.29, 0.717) is 13.0 Å². The van der Waals surface area contributed by atoms with Gasteiger partial charge in [-0.3, -0.25) is 14.4 Å². The van der Waals surface area contributed by atoms with E-state index in [4.69, 9.17) is 9.47 Å². The Morgan fingerprint density at radius 1 is 1.13 bits per heavy atom. The molecule has 0 saturated carbocycles. The van der Waals surface area contributed by atoms with Crippen LogP contribution >= 0.6 is 0 Å². The molecule has 212 valence electrons. The first-order valence-corrected chi connectivity index (χ1v) is 14.2. The number of carbonyl (C=O) groups is 3. The summed E-state index contributed by atoms with van der Waals surface area (Å²) in [5.74, 6) is -2.80. The lowest BCUT2D eigenvalue weighted by Gasteiger charge is -2.46. The fourth-order valence-corrected chi connectivity index (χ4v) is 7.30. The first-order valence-electron chi connectivity index (χ1n) is 14.2. The quantitative estimate of drug-likeness (QED) is 0.417. The van der Waals surface area contributed by atoms with E-state index in [0.717, 1.165) is 19.3 Å². The molecule has 1 unspecified atom stereocenters. The zero-order valence-electron chi connectivity index (χ0n) is 24.1. The molecule has 0 radical (unpaired) electrons. The number of aliphatic hydroxyl groups excluding tert-OH is 1. The summed E-state index contributed by atoms with van der Waals surface area (Å²) in [4.78, 5) is 45.8. The van der Waals surface area contributed by atoms with Crippen molar-refractivity contribution in [3.8, 4) is 0 Å². The van der Waals surface area contributed by atoms with Crippen LogP contribution in [-0.4, -0.2) is 81.8 Å². The standard InChI is InChI=1S/C30H46N2O6/c1-8-19(2)20(17-33)32-24-26(35)31(29(6,7)18-28(3,4)5)15-12-14-30(24)23(25(32)34)22-21(38-30)13-10-9-11-16-37-27(22)36/h10,12-14,19-24,33H,8-9,11,15-18H2,1-7H3/b13-10-/t19-,20-,21+,22-,23-,24?,30-/m0/s1. The van der Waals surface area contributed by atoms with Crippen LogP contribution in [0.3, 0.4) is 0 Å². The van der Waals surface area contributed by atoms with Crippen molar-refractivity contribution < 1.29 is 29.0 Å². The molecule has 8 heteroatoms. The van der Waals surface area contributed by atoms with E-state index in [9.17, 15) is 19.5 Å². The highest BCUT2D eigenvalue weighted by Gasteiger charge is 2.73. The number of fused-ring (bicyclic) bond motifs is 2. The van der Waals surface area contributed by atoms with Crippen molar-refractivity contribution >= 4 is 17.8 Å². The third kappa shape index (κ3) is 4.83. The van der Waals surface area contributed by atoms with Crippen molar-refractivity contribution in [1.29, 1.82) is 0 Å². The van der Waals surface area contributed by atoms with Gasteiger partial charge in [0, 0.05) is 12.1 Å². The topological polar surface area (TPSA) is 96.4 Å². The van der Waals surface area contributed by atoms with E-state index in [-0.39, 0.29) is 36.4 Å². The van der Waals surface area contributed by atoms with Crippen molar-refractivity contribution in [3.63, 3.8) is 0 Å². The summed E-state index contributed by atoms with van der Waals surface area (Å²) < 4.78 is 12.3. The maximum absolute atomic E-state index is 14.7. The number of allylic oxidation sites excluding steroid dienone is 1. The van der Waals surface area contributed by atoms with Crippen molar-refractivity contribution in [3.05, 3.63) is 24.3 Å². The van der Waals surface area contributed by atoms with Gasteiger partial charge in [-0.1, -0.05) is 65.3 Å². The van der Waals surface area contributed by atoms with Crippen LogP contribution < -0.4 is 0 Å². The van der Waals surface area contributed by atoms with Crippen molar-refractivity contribution in [2.45, 2.75) is 103 Å². The molecule has 1 spiro atoms. The molecule has 1 N–H and O–H groups in total. The average Bonchev–Trinajstić information content (AvgIpc) is 3.22. The lowest BCUT2D eigenvalue weighted by atomic mass is 9.77. The number of carbonyl (C=O) groups excluding carboxylic acids is 3. The minimum absolute atomic E-state index is 0.0298. The summed E-state index contributed by atoms with van der Waals surface area (Å²) in [5, 5.41) is 10.5. The summed E-state index contributed by atoms with van der Waals surface area (Å²) >= 11 is 0. The fraction of sp³-hybridized carbons (Fsp3) is 0.767. The minimum Gasteiger partial charge on any atom is -0.465 e. The molecule has 0 aliphatic carbocycles. The molecule has 2 amide bonds. The van der Waals surface area contributed by atoms with Crippen LogP contribution in [-0.2, 0) is 23.9 Å². The molecular formula is C30H46N2O6. The van der Waals surface area contributed by atoms with Crippen LogP contribution in [0.25, 0.3) is 0 Å². The zero-order valence-corrected chi connectivity index (χ0v) is 24.1. The third-order valence-electron chi connectivity index (χ3n) is 8.83. The Labute approximate surface area is 227 Å². The van der Waals surface area contributed by atoms with Gasteiger partial charge in [-0.05, 0) is 44.4 Å². The summed E-state index contributed by atoms with van der Waals surface area (Å²) in [6.45, 7) is 14.9. The molecule has 4 heterocycles. The van der Waals surface area contributed by atoms with E-state index in [1.54, 1.807) is 4.90 Å². The van der Waals surface area contributed by atoms with Gasteiger partial charge in [-0.2, -0.15) is 0 Å². The van der Waals surface area contributed by atoms with Gasteiger partial charge in [0.05, 0.1) is 31.3 Å². The molecule has 2 fully saturated rings. The molecule has 2 saturated heterocycles. The molecule has 8 nitrogen and oxygen atoms in total. The highest BCUT2D eigenvalue weighted by atomic mass is 16.6. The van der Waals surface area contributed by atoms with Crippen molar-refractivity contribution in [2.24, 2.45) is 23.2 Å². The number of amides is 2. The molecule has 7 atom stereocenters. The average molecular weight is 531 g/mol. The normalized spacial score (nSPS) is 34.4. The predicted octanol–water partition coefficient (Wildman–Crippen LogP) is 3.48. The number of esters is 1. The number of hydrogen-bond donors (Lipinski definition) is 1.